The lowest BCUT2D eigenvalue weighted by atomic mass is 9.92. The van der Waals surface area contributed by atoms with E-state index < -0.39 is 32.2 Å². The Hall–Kier alpha value is -1.77. The molecule has 0 bridgehead atoms. The molecular formula is C15H16FNO5S. The summed E-state index contributed by atoms with van der Waals surface area (Å²) in [6, 6.07) is 2.84. The Kier molecular flexibility index (Phi) is 3.99. The predicted molar refractivity (Wildman–Crippen MR) is 79.2 cm³/mol. The van der Waals surface area contributed by atoms with E-state index >= 15 is 0 Å². The van der Waals surface area contributed by atoms with E-state index in [0.717, 1.165) is 18.2 Å². The summed E-state index contributed by atoms with van der Waals surface area (Å²) in [5.74, 6) is -2.37. The van der Waals surface area contributed by atoms with Crippen LogP contribution in [0.2, 0.25) is 0 Å². The van der Waals surface area contributed by atoms with Gasteiger partial charge in [-0.2, -0.15) is 4.31 Å². The maximum absolute atomic E-state index is 14.2. The number of rotatable bonds is 3. The predicted octanol–water partition coefficient (Wildman–Crippen LogP) is 1.63. The standard InChI is InChI=1S/C15H16FNO5S/c16-12-10-11(14(18)19)2-3-13(12)23(20,21)17-7-1-4-15(17)5-8-22-9-6-15/h1-4,10H,5-9H2,(H,18,19). The zero-order chi connectivity index (χ0) is 16.7. The second-order valence-electron chi connectivity index (χ2n) is 5.60. The van der Waals surface area contributed by atoms with Crippen LogP contribution in [0, 0.1) is 5.82 Å². The van der Waals surface area contributed by atoms with E-state index in [1.54, 1.807) is 6.08 Å². The minimum Gasteiger partial charge on any atom is -0.478 e. The molecule has 1 fully saturated rings. The van der Waals surface area contributed by atoms with Crippen LogP contribution in [0.4, 0.5) is 4.39 Å². The van der Waals surface area contributed by atoms with Crippen molar-refractivity contribution in [1.82, 2.24) is 4.31 Å². The van der Waals surface area contributed by atoms with E-state index in [9.17, 15) is 17.6 Å². The zero-order valence-electron chi connectivity index (χ0n) is 12.2. The molecule has 2 aliphatic rings. The molecule has 1 saturated heterocycles. The Balaban J connectivity index is 2.00. The van der Waals surface area contributed by atoms with E-state index in [1.807, 2.05) is 6.08 Å². The summed E-state index contributed by atoms with van der Waals surface area (Å²) in [5, 5.41) is 8.86. The third-order valence-electron chi connectivity index (χ3n) is 4.30. The van der Waals surface area contributed by atoms with Gasteiger partial charge in [0, 0.05) is 19.8 Å². The van der Waals surface area contributed by atoms with Crippen LogP contribution in [0.1, 0.15) is 23.2 Å². The van der Waals surface area contributed by atoms with Crippen LogP contribution in [0.5, 0.6) is 0 Å². The van der Waals surface area contributed by atoms with Crippen LogP contribution >= 0.6 is 0 Å². The fourth-order valence-corrected chi connectivity index (χ4v) is 4.86. The molecule has 6 nitrogen and oxygen atoms in total. The number of sulfonamides is 1. The molecule has 1 aromatic carbocycles. The molecule has 0 aromatic heterocycles. The Bertz CT molecular complexity index is 768. The highest BCUT2D eigenvalue weighted by molar-refractivity contribution is 7.89. The van der Waals surface area contributed by atoms with Gasteiger partial charge in [0.05, 0.1) is 11.1 Å². The number of hydrogen-bond acceptors (Lipinski definition) is 4. The van der Waals surface area contributed by atoms with Crippen LogP contribution < -0.4 is 0 Å². The van der Waals surface area contributed by atoms with Crippen molar-refractivity contribution in [1.29, 1.82) is 0 Å². The number of aromatic carboxylic acids is 1. The summed E-state index contributed by atoms with van der Waals surface area (Å²) < 4.78 is 46.5. The van der Waals surface area contributed by atoms with Crippen molar-refractivity contribution in [3.8, 4) is 0 Å². The molecule has 1 spiro atoms. The normalized spacial score (nSPS) is 20.9. The number of benzene rings is 1. The first-order valence-corrected chi connectivity index (χ1v) is 8.62. The third kappa shape index (κ3) is 2.66. The van der Waals surface area contributed by atoms with Crippen molar-refractivity contribution in [3.05, 3.63) is 41.7 Å². The van der Waals surface area contributed by atoms with Gasteiger partial charge in [-0.3, -0.25) is 0 Å². The van der Waals surface area contributed by atoms with Crippen LogP contribution in [0.3, 0.4) is 0 Å². The summed E-state index contributed by atoms with van der Waals surface area (Å²) in [5.41, 5.74) is -0.976. The number of halogens is 1. The van der Waals surface area contributed by atoms with Gasteiger partial charge in [0.25, 0.3) is 0 Å². The molecule has 8 heteroatoms. The Labute approximate surface area is 133 Å². The van der Waals surface area contributed by atoms with Gasteiger partial charge in [-0.05, 0) is 31.0 Å². The first kappa shape index (κ1) is 16.1. The topological polar surface area (TPSA) is 83.9 Å². The monoisotopic (exact) mass is 341 g/mol. The molecule has 2 heterocycles. The molecule has 0 saturated carbocycles. The number of carboxylic acids is 1. The molecule has 0 aliphatic carbocycles. The van der Waals surface area contributed by atoms with Gasteiger partial charge in [-0.25, -0.2) is 17.6 Å². The molecule has 0 unspecified atom stereocenters. The van der Waals surface area contributed by atoms with Crippen molar-refractivity contribution in [3.63, 3.8) is 0 Å². The lowest BCUT2D eigenvalue weighted by molar-refractivity contribution is 0.0354. The summed E-state index contributed by atoms with van der Waals surface area (Å²) in [4.78, 5) is 10.4. The first-order chi connectivity index (χ1) is 10.9. The molecule has 1 N–H and O–H groups in total. The van der Waals surface area contributed by atoms with Crippen molar-refractivity contribution in [2.75, 3.05) is 19.8 Å². The molecule has 0 atom stereocenters. The fraction of sp³-hybridized carbons (Fsp3) is 0.400. The van der Waals surface area contributed by atoms with E-state index in [-0.39, 0.29) is 12.1 Å². The van der Waals surface area contributed by atoms with Crippen molar-refractivity contribution >= 4 is 16.0 Å². The highest BCUT2D eigenvalue weighted by Gasteiger charge is 2.46. The van der Waals surface area contributed by atoms with E-state index in [4.69, 9.17) is 9.84 Å². The number of ether oxygens (including phenoxy) is 1. The minimum absolute atomic E-state index is 0.169. The smallest absolute Gasteiger partial charge is 0.335 e. The fourth-order valence-electron chi connectivity index (χ4n) is 3.07. The van der Waals surface area contributed by atoms with Gasteiger partial charge >= 0.3 is 5.97 Å². The average Bonchev–Trinajstić information content (AvgIpc) is 2.91. The summed E-state index contributed by atoms with van der Waals surface area (Å²) in [7, 11) is -4.07. The number of carboxylic acid groups (broad SMARTS) is 1. The highest BCUT2D eigenvalue weighted by Crippen LogP contribution is 2.38. The second kappa shape index (κ2) is 5.70. The van der Waals surface area contributed by atoms with Crippen molar-refractivity contribution < 1.29 is 27.4 Å². The quantitative estimate of drug-likeness (QED) is 0.845. The second-order valence-corrected chi connectivity index (χ2v) is 7.44. The van der Waals surface area contributed by atoms with Crippen molar-refractivity contribution in [2.45, 2.75) is 23.3 Å². The summed E-state index contributed by atoms with van der Waals surface area (Å²) in [6.45, 7) is 1.05. The first-order valence-electron chi connectivity index (χ1n) is 7.18. The third-order valence-corrected chi connectivity index (χ3v) is 6.28. The molecular weight excluding hydrogens is 325 g/mol. The van der Waals surface area contributed by atoms with Gasteiger partial charge in [0.1, 0.15) is 10.7 Å². The number of carbonyl (C=O) groups is 1. The van der Waals surface area contributed by atoms with E-state index in [0.29, 0.717) is 26.1 Å². The molecule has 0 amide bonds. The van der Waals surface area contributed by atoms with Gasteiger partial charge in [-0.1, -0.05) is 12.2 Å². The van der Waals surface area contributed by atoms with Gasteiger partial charge in [0.2, 0.25) is 10.0 Å². The molecule has 2 aliphatic heterocycles. The maximum Gasteiger partial charge on any atom is 0.335 e. The molecule has 124 valence electrons. The maximum atomic E-state index is 14.2. The van der Waals surface area contributed by atoms with Crippen molar-refractivity contribution in [2.24, 2.45) is 0 Å². The Morgan fingerprint density at radius 1 is 1.30 bits per heavy atom. The van der Waals surface area contributed by atoms with E-state index in [2.05, 4.69) is 0 Å². The molecule has 1 aromatic rings. The minimum atomic E-state index is -4.07. The number of nitrogens with zero attached hydrogens (tertiary/aromatic N) is 1. The summed E-state index contributed by atoms with van der Waals surface area (Å²) >= 11 is 0. The lowest BCUT2D eigenvalue weighted by Gasteiger charge is -2.39. The van der Waals surface area contributed by atoms with Crippen LogP contribution in [-0.2, 0) is 14.8 Å². The van der Waals surface area contributed by atoms with Crippen LogP contribution in [0.15, 0.2) is 35.2 Å². The SMILES string of the molecule is O=C(O)c1ccc(S(=O)(=O)N2CC=CC23CCOCC3)c(F)c1. The highest BCUT2D eigenvalue weighted by atomic mass is 32.2. The van der Waals surface area contributed by atoms with E-state index in [1.165, 1.54) is 4.31 Å². The molecule has 3 rings (SSSR count). The molecule has 0 radical (unpaired) electrons. The Morgan fingerprint density at radius 2 is 2.00 bits per heavy atom. The lowest BCUT2D eigenvalue weighted by Crippen LogP contribution is -2.50. The van der Waals surface area contributed by atoms with Crippen LogP contribution in [-0.4, -0.2) is 49.1 Å². The van der Waals surface area contributed by atoms with Gasteiger partial charge in [-0.15, -0.1) is 0 Å². The molecule has 23 heavy (non-hydrogen) atoms. The van der Waals surface area contributed by atoms with Gasteiger partial charge < -0.3 is 9.84 Å². The Morgan fingerprint density at radius 3 is 2.61 bits per heavy atom. The average molecular weight is 341 g/mol. The largest absolute Gasteiger partial charge is 0.478 e. The van der Waals surface area contributed by atoms with Gasteiger partial charge in [0.15, 0.2) is 0 Å². The number of hydrogen-bond donors (Lipinski definition) is 1. The zero-order valence-corrected chi connectivity index (χ0v) is 13.1. The van der Waals surface area contributed by atoms with Crippen LogP contribution in [0.25, 0.3) is 0 Å². The summed E-state index contributed by atoms with van der Waals surface area (Å²) in [6.07, 6.45) is 4.62.